The van der Waals surface area contributed by atoms with Gasteiger partial charge in [-0.25, -0.2) is 0 Å². The monoisotopic (exact) mass is 205 g/mol. The Morgan fingerprint density at radius 2 is 2.20 bits per heavy atom. The second kappa shape index (κ2) is 3.62. The van der Waals surface area contributed by atoms with Crippen molar-refractivity contribution < 1.29 is 4.79 Å². The van der Waals surface area contributed by atoms with Crippen LogP contribution in [0.4, 0.5) is 5.69 Å². The Morgan fingerprint density at radius 1 is 1.47 bits per heavy atom. The minimum absolute atomic E-state index is 0.00348. The van der Waals surface area contributed by atoms with Crippen LogP contribution in [-0.4, -0.2) is 23.5 Å². The topological polar surface area (TPSA) is 59.2 Å². The second-order valence-electron chi connectivity index (χ2n) is 3.94. The number of hydrogen-bond donors (Lipinski definition) is 1. The lowest BCUT2D eigenvalue weighted by Crippen LogP contribution is -2.34. The van der Waals surface area contributed by atoms with E-state index < -0.39 is 0 Å². The molecule has 1 aromatic heterocycles. The summed E-state index contributed by atoms with van der Waals surface area (Å²) in [6.45, 7) is 4.55. The highest BCUT2D eigenvalue weighted by molar-refractivity contribution is 5.99. The molecular weight excluding hydrogens is 190 g/mol. The Bertz CT molecular complexity index is 403. The highest BCUT2D eigenvalue weighted by atomic mass is 16.2. The minimum Gasteiger partial charge on any atom is -0.320 e. The molecule has 1 amide bonds. The summed E-state index contributed by atoms with van der Waals surface area (Å²) in [5.74, 6) is 0.00348. The molecule has 1 aliphatic rings. The fourth-order valence-electron chi connectivity index (χ4n) is 1.91. The SMILES string of the molecule is Cc1ccc(N2CCC(N)C2=O)c(C)n1. The number of aryl methyl sites for hydroxylation is 2. The van der Waals surface area contributed by atoms with Crippen LogP contribution in [0, 0.1) is 13.8 Å². The van der Waals surface area contributed by atoms with Crippen molar-refractivity contribution in [1.29, 1.82) is 0 Å². The fourth-order valence-corrected chi connectivity index (χ4v) is 1.91. The molecule has 1 fully saturated rings. The Morgan fingerprint density at radius 3 is 2.73 bits per heavy atom. The van der Waals surface area contributed by atoms with Crippen LogP contribution in [0.3, 0.4) is 0 Å². The van der Waals surface area contributed by atoms with E-state index in [1.807, 2.05) is 26.0 Å². The fraction of sp³-hybridized carbons (Fsp3) is 0.455. The van der Waals surface area contributed by atoms with Gasteiger partial charge in [-0.2, -0.15) is 0 Å². The van der Waals surface area contributed by atoms with E-state index in [9.17, 15) is 4.79 Å². The number of amides is 1. The van der Waals surface area contributed by atoms with Crippen LogP contribution < -0.4 is 10.6 Å². The van der Waals surface area contributed by atoms with Crippen molar-refractivity contribution in [2.75, 3.05) is 11.4 Å². The summed E-state index contributed by atoms with van der Waals surface area (Å²) in [5.41, 5.74) is 8.41. The Kier molecular flexibility index (Phi) is 2.44. The highest BCUT2D eigenvalue weighted by Crippen LogP contribution is 2.23. The molecule has 2 rings (SSSR count). The number of nitrogens with zero attached hydrogens (tertiary/aromatic N) is 2. The number of aromatic nitrogens is 1. The average Bonchev–Trinajstić information content (AvgIpc) is 2.49. The van der Waals surface area contributed by atoms with Crippen LogP contribution in [0.2, 0.25) is 0 Å². The Hall–Kier alpha value is -1.42. The smallest absolute Gasteiger partial charge is 0.244 e. The van der Waals surface area contributed by atoms with Gasteiger partial charge in [0.25, 0.3) is 0 Å². The zero-order valence-electron chi connectivity index (χ0n) is 9.03. The maximum absolute atomic E-state index is 11.7. The molecule has 1 unspecified atom stereocenters. The van der Waals surface area contributed by atoms with Crippen LogP contribution in [0.25, 0.3) is 0 Å². The lowest BCUT2D eigenvalue weighted by atomic mass is 10.2. The summed E-state index contributed by atoms with van der Waals surface area (Å²) in [4.78, 5) is 17.8. The van der Waals surface area contributed by atoms with Gasteiger partial charge in [0, 0.05) is 12.2 Å². The summed E-state index contributed by atoms with van der Waals surface area (Å²) in [5, 5.41) is 0. The summed E-state index contributed by atoms with van der Waals surface area (Å²) in [6.07, 6.45) is 0.728. The van der Waals surface area contributed by atoms with E-state index in [1.54, 1.807) is 4.90 Å². The van der Waals surface area contributed by atoms with E-state index >= 15 is 0 Å². The molecule has 0 bridgehead atoms. The third-order valence-electron chi connectivity index (χ3n) is 2.73. The molecule has 15 heavy (non-hydrogen) atoms. The molecule has 1 atom stereocenters. The van der Waals surface area contributed by atoms with Crippen LogP contribution in [0.5, 0.6) is 0 Å². The molecule has 2 N–H and O–H groups in total. The predicted molar refractivity (Wildman–Crippen MR) is 58.7 cm³/mol. The first kappa shape index (κ1) is 10.1. The van der Waals surface area contributed by atoms with E-state index in [0.717, 1.165) is 23.5 Å². The minimum atomic E-state index is -0.342. The predicted octanol–water partition coefficient (Wildman–Crippen LogP) is 0.762. The zero-order chi connectivity index (χ0) is 11.0. The summed E-state index contributed by atoms with van der Waals surface area (Å²) < 4.78 is 0. The van der Waals surface area contributed by atoms with Gasteiger partial charge in [0.2, 0.25) is 5.91 Å². The number of carbonyl (C=O) groups excluding carboxylic acids is 1. The molecule has 0 aliphatic carbocycles. The molecule has 0 aromatic carbocycles. The van der Waals surface area contributed by atoms with Gasteiger partial charge in [-0.1, -0.05) is 0 Å². The van der Waals surface area contributed by atoms with Crippen molar-refractivity contribution in [3.05, 3.63) is 23.5 Å². The average molecular weight is 205 g/mol. The molecule has 0 radical (unpaired) electrons. The number of anilines is 1. The third-order valence-corrected chi connectivity index (χ3v) is 2.73. The van der Waals surface area contributed by atoms with Gasteiger partial charge in [-0.05, 0) is 32.4 Å². The molecule has 1 aromatic rings. The molecule has 1 saturated heterocycles. The van der Waals surface area contributed by atoms with Gasteiger partial charge >= 0.3 is 0 Å². The van der Waals surface area contributed by atoms with Gasteiger partial charge < -0.3 is 10.6 Å². The quantitative estimate of drug-likeness (QED) is 0.736. The van der Waals surface area contributed by atoms with E-state index in [0.29, 0.717) is 6.54 Å². The third kappa shape index (κ3) is 1.72. The van der Waals surface area contributed by atoms with Crippen LogP contribution in [0.15, 0.2) is 12.1 Å². The van der Waals surface area contributed by atoms with Crippen molar-refractivity contribution in [2.24, 2.45) is 5.73 Å². The number of carbonyl (C=O) groups is 1. The van der Waals surface area contributed by atoms with E-state index in [-0.39, 0.29) is 11.9 Å². The summed E-state index contributed by atoms with van der Waals surface area (Å²) >= 11 is 0. The first-order chi connectivity index (χ1) is 7.09. The van der Waals surface area contributed by atoms with Gasteiger partial charge in [0.1, 0.15) is 0 Å². The summed E-state index contributed by atoms with van der Waals surface area (Å²) in [6, 6.07) is 3.51. The van der Waals surface area contributed by atoms with Crippen molar-refractivity contribution >= 4 is 11.6 Å². The molecule has 0 saturated carbocycles. The number of nitrogens with two attached hydrogens (primary N) is 1. The molecule has 4 nitrogen and oxygen atoms in total. The van der Waals surface area contributed by atoms with Crippen LogP contribution in [-0.2, 0) is 4.79 Å². The molecule has 2 heterocycles. The van der Waals surface area contributed by atoms with E-state index in [4.69, 9.17) is 5.73 Å². The van der Waals surface area contributed by atoms with Crippen molar-refractivity contribution in [1.82, 2.24) is 4.98 Å². The maximum Gasteiger partial charge on any atom is 0.244 e. The van der Waals surface area contributed by atoms with Crippen molar-refractivity contribution in [3.63, 3.8) is 0 Å². The Balaban J connectivity index is 2.34. The number of hydrogen-bond acceptors (Lipinski definition) is 3. The van der Waals surface area contributed by atoms with Crippen LogP contribution in [0.1, 0.15) is 17.8 Å². The maximum atomic E-state index is 11.7. The second-order valence-corrected chi connectivity index (χ2v) is 3.94. The van der Waals surface area contributed by atoms with E-state index in [2.05, 4.69) is 4.98 Å². The number of rotatable bonds is 1. The van der Waals surface area contributed by atoms with Crippen LogP contribution >= 0.6 is 0 Å². The lowest BCUT2D eigenvalue weighted by molar-refractivity contribution is -0.118. The summed E-state index contributed by atoms with van der Waals surface area (Å²) in [7, 11) is 0. The lowest BCUT2D eigenvalue weighted by Gasteiger charge is -2.18. The first-order valence-corrected chi connectivity index (χ1v) is 5.11. The molecule has 4 heteroatoms. The Labute approximate surface area is 89.1 Å². The van der Waals surface area contributed by atoms with Gasteiger partial charge in [-0.3, -0.25) is 9.78 Å². The normalized spacial score (nSPS) is 21.1. The van der Waals surface area contributed by atoms with E-state index in [1.165, 1.54) is 0 Å². The molecule has 80 valence electrons. The van der Waals surface area contributed by atoms with Crippen molar-refractivity contribution in [3.8, 4) is 0 Å². The standard InChI is InChI=1S/C11H15N3O/c1-7-3-4-10(8(2)13-7)14-6-5-9(12)11(14)15/h3-4,9H,5-6,12H2,1-2H3. The molecule has 1 aliphatic heterocycles. The van der Waals surface area contributed by atoms with Gasteiger partial charge in [0.05, 0.1) is 17.4 Å². The van der Waals surface area contributed by atoms with Crippen molar-refractivity contribution in [2.45, 2.75) is 26.3 Å². The zero-order valence-corrected chi connectivity index (χ0v) is 9.03. The molecular formula is C11H15N3O. The highest BCUT2D eigenvalue weighted by Gasteiger charge is 2.30. The van der Waals surface area contributed by atoms with Gasteiger partial charge in [0.15, 0.2) is 0 Å². The molecule has 0 spiro atoms. The number of pyridine rings is 1. The van der Waals surface area contributed by atoms with Gasteiger partial charge in [-0.15, -0.1) is 0 Å². The first-order valence-electron chi connectivity index (χ1n) is 5.11. The largest absolute Gasteiger partial charge is 0.320 e.